The van der Waals surface area contributed by atoms with Crippen molar-refractivity contribution in [3.8, 4) is 12.0 Å². The first kappa shape index (κ1) is 9.71. The molecule has 2 heteroatoms. The average molecular weight is 158 g/mol. The van der Waals surface area contributed by atoms with E-state index in [9.17, 15) is 0 Å². The van der Waals surface area contributed by atoms with E-state index in [0.29, 0.717) is 0 Å². The van der Waals surface area contributed by atoms with Gasteiger partial charge in [-0.25, -0.2) is 0 Å². The molecule has 0 aliphatic rings. The zero-order valence-corrected chi connectivity index (χ0v) is 7.03. The van der Waals surface area contributed by atoms with Crippen molar-refractivity contribution >= 4 is 12.6 Å². The number of hydrogen-bond donors (Lipinski definition) is 2. The predicted octanol–water partition coefficient (Wildman–Crippen LogP) is 2.20. The Labute approximate surface area is 68.2 Å². The van der Waals surface area contributed by atoms with Crippen LogP contribution in [0.25, 0.3) is 0 Å². The third-order valence-corrected chi connectivity index (χ3v) is 1.61. The Kier molecular flexibility index (Phi) is 8.46. The van der Waals surface area contributed by atoms with Gasteiger partial charge in [0, 0.05) is 6.42 Å². The lowest BCUT2D eigenvalue weighted by Crippen LogP contribution is -1.78. The van der Waals surface area contributed by atoms with Gasteiger partial charge in [-0.3, -0.25) is 0 Å². The minimum absolute atomic E-state index is 0.822. The van der Waals surface area contributed by atoms with Crippen LogP contribution in [-0.2, 0) is 0 Å². The third kappa shape index (κ3) is 7.71. The van der Waals surface area contributed by atoms with E-state index >= 15 is 0 Å². The quantitative estimate of drug-likeness (QED) is 0.357. The second-order valence-electron chi connectivity index (χ2n) is 2.18. The fourth-order valence-corrected chi connectivity index (χ4v) is 0.958. The van der Waals surface area contributed by atoms with Crippen molar-refractivity contribution in [2.75, 3.05) is 5.75 Å². The second kappa shape index (κ2) is 8.71. The molecule has 0 rings (SSSR count). The molecule has 0 aromatic carbocycles. The maximum absolute atomic E-state index is 8.10. The normalized spacial score (nSPS) is 8.50. The fourth-order valence-electron chi connectivity index (χ4n) is 0.735. The molecule has 0 fully saturated rings. The summed E-state index contributed by atoms with van der Waals surface area (Å²) in [6.07, 6.45) is 7.44. The molecule has 1 N–H and O–H groups in total. The highest BCUT2D eigenvalue weighted by Gasteiger charge is 1.85. The van der Waals surface area contributed by atoms with E-state index in [1.165, 1.54) is 19.3 Å². The van der Waals surface area contributed by atoms with E-state index in [0.717, 1.165) is 18.6 Å². The largest absolute Gasteiger partial charge is 0.462 e. The Balaban J connectivity index is 2.82. The summed E-state index contributed by atoms with van der Waals surface area (Å²) in [5.41, 5.74) is 0. The van der Waals surface area contributed by atoms with Crippen molar-refractivity contribution in [3.63, 3.8) is 0 Å². The monoisotopic (exact) mass is 158 g/mol. The summed E-state index contributed by atoms with van der Waals surface area (Å²) >= 11 is 4.10. The SMILES string of the molecule is OC#CCCCCCCS. The first-order valence-corrected chi connectivity index (χ1v) is 4.28. The lowest BCUT2D eigenvalue weighted by molar-refractivity contribution is 0.515. The average Bonchev–Trinajstić information content (AvgIpc) is 1.97. The van der Waals surface area contributed by atoms with E-state index in [1.54, 1.807) is 0 Å². The molecule has 0 amide bonds. The lowest BCUT2D eigenvalue weighted by Gasteiger charge is -1.93. The Bertz CT molecular complexity index is 112. The molecule has 58 valence electrons. The van der Waals surface area contributed by atoms with Crippen molar-refractivity contribution < 1.29 is 5.11 Å². The smallest absolute Gasteiger partial charge is 0.107 e. The second-order valence-corrected chi connectivity index (χ2v) is 2.62. The zero-order chi connectivity index (χ0) is 7.66. The predicted molar refractivity (Wildman–Crippen MR) is 46.6 cm³/mol. The summed E-state index contributed by atoms with van der Waals surface area (Å²) in [6.45, 7) is 0. The molecule has 0 aliphatic heterocycles. The first-order valence-electron chi connectivity index (χ1n) is 3.64. The molecule has 1 nitrogen and oxygen atoms in total. The van der Waals surface area contributed by atoms with Crippen LogP contribution in [0.15, 0.2) is 0 Å². The van der Waals surface area contributed by atoms with Crippen molar-refractivity contribution in [2.24, 2.45) is 0 Å². The molecule has 0 atom stereocenters. The van der Waals surface area contributed by atoms with Gasteiger partial charge in [0.2, 0.25) is 0 Å². The lowest BCUT2D eigenvalue weighted by atomic mass is 10.2. The van der Waals surface area contributed by atoms with Gasteiger partial charge in [0.1, 0.15) is 6.11 Å². The van der Waals surface area contributed by atoms with Crippen LogP contribution in [0.2, 0.25) is 0 Å². The third-order valence-electron chi connectivity index (χ3n) is 1.29. The van der Waals surface area contributed by atoms with E-state index in [2.05, 4.69) is 18.5 Å². The summed E-state index contributed by atoms with van der Waals surface area (Å²) < 4.78 is 0. The molecule has 10 heavy (non-hydrogen) atoms. The van der Waals surface area contributed by atoms with Gasteiger partial charge in [0.05, 0.1) is 0 Å². The molecule has 0 heterocycles. The van der Waals surface area contributed by atoms with Gasteiger partial charge < -0.3 is 5.11 Å². The van der Waals surface area contributed by atoms with Gasteiger partial charge in [-0.1, -0.05) is 18.8 Å². The molecule has 0 saturated heterocycles. The molecular formula is C8H14OS. The van der Waals surface area contributed by atoms with E-state index in [-0.39, 0.29) is 0 Å². The van der Waals surface area contributed by atoms with Crippen LogP contribution in [0.3, 0.4) is 0 Å². The molecule has 0 radical (unpaired) electrons. The van der Waals surface area contributed by atoms with E-state index < -0.39 is 0 Å². The molecule has 0 unspecified atom stereocenters. The van der Waals surface area contributed by atoms with Gasteiger partial charge >= 0.3 is 0 Å². The van der Waals surface area contributed by atoms with Crippen LogP contribution < -0.4 is 0 Å². The Morgan fingerprint density at radius 2 is 1.80 bits per heavy atom. The van der Waals surface area contributed by atoms with Crippen LogP contribution in [0.1, 0.15) is 32.1 Å². The van der Waals surface area contributed by atoms with Crippen molar-refractivity contribution in [1.29, 1.82) is 0 Å². The summed E-state index contributed by atoms with van der Waals surface area (Å²) in [4.78, 5) is 0. The van der Waals surface area contributed by atoms with Crippen molar-refractivity contribution in [2.45, 2.75) is 32.1 Å². The summed E-state index contributed by atoms with van der Waals surface area (Å²) in [6, 6.07) is 0. The number of unbranched alkanes of at least 4 members (excludes halogenated alkanes) is 4. The van der Waals surface area contributed by atoms with E-state index in [4.69, 9.17) is 5.11 Å². The number of aliphatic hydroxyl groups excluding tert-OH is 1. The molecular weight excluding hydrogens is 144 g/mol. The van der Waals surface area contributed by atoms with Gasteiger partial charge in [-0.05, 0) is 18.6 Å². The van der Waals surface area contributed by atoms with E-state index in [1.807, 2.05) is 6.11 Å². The molecule has 0 aromatic rings. The highest BCUT2D eigenvalue weighted by molar-refractivity contribution is 7.80. The number of hydrogen-bond acceptors (Lipinski definition) is 2. The summed E-state index contributed by atoms with van der Waals surface area (Å²) in [7, 11) is 0. The maximum atomic E-state index is 8.10. The van der Waals surface area contributed by atoms with Crippen LogP contribution >= 0.6 is 12.6 Å². The minimum Gasteiger partial charge on any atom is -0.462 e. The highest BCUT2D eigenvalue weighted by atomic mass is 32.1. The topological polar surface area (TPSA) is 20.2 Å². The van der Waals surface area contributed by atoms with Crippen LogP contribution in [0, 0.1) is 12.0 Å². The Morgan fingerprint density at radius 3 is 2.40 bits per heavy atom. The van der Waals surface area contributed by atoms with Crippen LogP contribution in [0.4, 0.5) is 0 Å². The molecule has 0 saturated carbocycles. The van der Waals surface area contributed by atoms with Gasteiger partial charge in [0.15, 0.2) is 0 Å². The zero-order valence-electron chi connectivity index (χ0n) is 6.14. The van der Waals surface area contributed by atoms with Crippen molar-refractivity contribution in [1.82, 2.24) is 0 Å². The van der Waals surface area contributed by atoms with Gasteiger partial charge in [-0.2, -0.15) is 12.6 Å². The first-order chi connectivity index (χ1) is 4.91. The van der Waals surface area contributed by atoms with Crippen LogP contribution in [-0.4, -0.2) is 10.9 Å². The molecule has 0 spiro atoms. The van der Waals surface area contributed by atoms with Crippen molar-refractivity contribution in [3.05, 3.63) is 0 Å². The molecule has 0 aliphatic carbocycles. The fraction of sp³-hybridized carbons (Fsp3) is 0.750. The minimum atomic E-state index is 0.822. The Morgan fingerprint density at radius 1 is 1.10 bits per heavy atom. The standard InChI is InChI=1S/C8H14OS/c9-7-5-3-1-2-4-6-8-10/h9-10H,1-4,6,8H2. The molecule has 0 aromatic heterocycles. The number of rotatable bonds is 5. The summed E-state index contributed by atoms with van der Waals surface area (Å²) in [5.74, 6) is 3.59. The highest BCUT2D eigenvalue weighted by Crippen LogP contribution is 2.02. The Hall–Kier alpha value is -0.290. The van der Waals surface area contributed by atoms with Gasteiger partial charge in [-0.15, -0.1) is 0 Å². The number of thiol groups is 1. The van der Waals surface area contributed by atoms with Crippen LogP contribution in [0.5, 0.6) is 0 Å². The molecule has 0 bridgehead atoms. The van der Waals surface area contributed by atoms with Gasteiger partial charge in [0.25, 0.3) is 0 Å². The maximum Gasteiger partial charge on any atom is 0.107 e. The number of aliphatic hydroxyl groups is 1. The summed E-state index contributed by atoms with van der Waals surface area (Å²) in [5, 5.41) is 8.10.